The van der Waals surface area contributed by atoms with Gasteiger partial charge in [0.1, 0.15) is 5.52 Å². The number of nitrogens with zero attached hydrogens (tertiary/aromatic N) is 2. The summed E-state index contributed by atoms with van der Waals surface area (Å²) in [4.78, 5) is 31.2. The van der Waals surface area contributed by atoms with Gasteiger partial charge in [0.05, 0.1) is 12.5 Å². The topological polar surface area (TPSA) is 79.4 Å². The highest BCUT2D eigenvalue weighted by Crippen LogP contribution is 2.60. The number of ether oxygens (including phenoxy) is 1. The van der Waals surface area contributed by atoms with Gasteiger partial charge in [-0.3, -0.25) is 9.59 Å². The Morgan fingerprint density at radius 2 is 2.00 bits per heavy atom. The minimum atomic E-state index is -0.0234. The van der Waals surface area contributed by atoms with Gasteiger partial charge < -0.3 is 23.9 Å². The van der Waals surface area contributed by atoms with Crippen molar-refractivity contribution < 1.29 is 9.53 Å². The molecule has 1 saturated carbocycles. The highest BCUT2D eigenvalue weighted by Gasteiger charge is 2.59. The van der Waals surface area contributed by atoms with E-state index in [2.05, 4.69) is 46.7 Å². The average Bonchev–Trinajstić information content (AvgIpc) is 3.37. The number of nitrogens with one attached hydrogen (secondary N) is 2. The highest BCUT2D eigenvalue weighted by atomic mass is 32.2. The molecule has 198 valence electrons. The number of H-pyrrole nitrogens is 1. The first-order chi connectivity index (χ1) is 18.0. The van der Waals surface area contributed by atoms with Crippen LogP contribution in [-0.4, -0.2) is 41.0 Å². The number of unbranched alkanes of at least 4 members (excludes halogenated alkanes) is 1. The van der Waals surface area contributed by atoms with E-state index in [0.29, 0.717) is 18.7 Å². The smallest absolute Gasteiger partial charge is 0.309 e. The van der Waals surface area contributed by atoms with Crippen LogP contribution >= 0.6 is 11.9 Å². The van der Waals surface area contributed by atoms with Gasteiger partial charge in [0.25, 0.3) is 5.56 Å². The summed E-state index contributed by atoms with van der Waals surface area (Å²) in [5.41, 5.74) is 5.25. The summed E-state index contributed by atoms with van der Waals surface area (Å²) in [5.74, 6) is 1.01. The fraction of sp³-hybridized carbons (Fsp3) is 0.517. The maximum atomic E-state index is 13.2. The summed E-state index contributed by atoms with van der Waals surface area (Å²) < 4.78 is 10.6. The Balaban J connectivity index is 1.51. The second-order valence-electron chi connectivity index (χ2n) is 10.3. The Hall–Kier alpha value is -2.87. The number of piperidine rings is 1. The number of fused-ring (bicyclic) bond motifs is 1. The molecule has 2 aliphatic rings. The summed E-state index contributed by atoms with van der Waals surface area (Å²) in [5, 5.41) is 0.956. The van der Waals surface area contributed by atoms with Gasteiger partial charge in [-0.1, -0.05) is 32.2 Å². The fourth-order valence-electron chi connectivity index (χ4n) is 5.82. The third-order valence-corrected chi connectivity index (χ3v) is 8.70. The molecular weight excluding hydrogens is 484 g/mol. The van der Waals surface area contributed by atoms with E-state index in [-0.39, 0.29) is 22.9 Å². The van der Waals surface area contributed by atoms with Crippen LogP contribution in [0.3, 0.4) is 0 Å². The predicted octanol–water partition coefficient (Wildman–Crippen LogP) is 6.05. The van der Waals surface area contributed by atoms with E-state index in [0.717, 1.165) is 73.1 Å². The van der Waals surface area contributed by atoms with Crippen molar-refractivity contribution in [3.05, 3.63) is 47.0 Å². The maximum Gasteiger partial charge on any atom is 0.309 e. The van der Waals surface area contributed by atoms with Gasteiger partial charge in [0, 0.05) is 65.7 Å². The van der Waals surface area contributed by atoms with Crippen molar-refractivity contribution in [2.24, 2.45) is 11.3 Å². The maximum absolute atomic E-state index is 13.2. The first kappa shape index (κ1) is 25.8. The molecule has 2 aromatic heterocycles. The molecule has 3 aromatic rings. The van der Waals surface area contributed by atoms with E-state index in [1.54, 1.807) is 11.9 Å². The molecule has 0 amide bonds. The van der Waals surface area contributed by atoms with Crippen LogP contribution in [0.5, 0.6) is 0 Å². The SMILES string of the molecule is CCCCn1cc(-c2cc(NSCC)ccc2N2CCC3(CC2)CC3C(=O)OCC)c2cc[nH]c2c1=O. The number of aryl methyl sites for hydroxylation is 1. The Bertz CT molecular complexity index is 1320. The lowest BCUT2D eigenvalue weighted by atomic mass is 9.89. The molecule has 8 heteroatoms. The molecule has 0 radical (unpaired) electrons. The van der Waals surface area contributed by atoms with E-state index in [9.17, 15) is 9.59 Å². The quantitative estimate of drug-likeness (QED) is 0.249. The molecule has 0 bridgehead atoms. The standard InChI is InChI=1S/C29H38N4O3S/c1-4-7-14-33-19-23(21-10-13-30-26(21)27(33)34)22-17-20(31-37-6-3)8-9-25(22)32-15-11-29(12-16-32)18-24(29)28(35)36-5-2/h8-10,13,17,19,24,30-31H,4-7,11-12,14-16,18H2,1-3H3. The van der Waals surface area contributed by atoms with Crippen LogP contribution in [0.25, 0.3) is 22.0 Å². The summed E-state index contributed by atoms with van der Waals surface area (Å²) in [6, 6.07) is 8.59. The highest BCUT2D eigenvalue weighted by molar-refractivity contribution is 8.00. The predicted molar refractivity (Wildman–Crippen MR) is 153 cm³/mol. The molecule has 2 fully saturated rings. The van der Waals surface area contributed by atoms with E-state index < -0.39 is 0 Å². The van der Waals surface area contributed by atoms with Crippen LogP contribution in [0.2, 0.25) is 0 Å². The van der Waals surface area contributed by atoms with Crippen molar-refractivity contribution in [2.75, 3.05) is 35.1 Å². The lowest BCUT2D eigenvalue weighted by Crippen LogP contribution is -2.36. The van der Waals surface area contributed by atoms with Crippen molar-refractivity contribution >= 4 is 40.2 Å². The molecular formula is C29H38N4O3S. The molecule has 5 rings (SSSR count). The van der Waals surface area contributed by atoms with Crippen molar-refractivity contribution in [1.29, 1.82) is 0 Å². The number of aromatic nitrogens is 2. The molecule has 1 unspecified atom stereocenters. The number of benzene rings is 1. The van der Waals surface area contributed by atoms with E-state index in [1.807, 2.05) is 30.0 Å². The molecule has 37 heavy (non-hydrogen) atoms. The van der Waals surface area contributed by atoms with E-state index >= 15 is 0 Å². The fourth-order valence-corrected chi connectivity index (χ4v) is 6.26. The van der Waals surface area contributed by atoms with Crippen LogP contribution in [-0.2, 0) is 16.1 Å². The third-order valence-electron chi connectivity index (χ3n) is 8.03. The number of carbonyl (C=O) groups excluding carboxylic acids is 1. The first-order valence-corrected chi connectivity index (χ1v) is 14.6. The van der Waals surface area contributed by atoms with E-state index in [1.165, 1.54) is 5.69 Å². The Labute approximate surface area is 223 Å². The zero-order valence-electron chi connectivity index (χ0n) is 22.1. The summed E-state index contributed by atoms with van der Waals surface area (Å²) in [7, 11) is 0. The normalized spacial score (nSPS) is 18.4. The van der Waals surface area contributed by atoms with Crippen LogP contribution < -0.4 is 15.2 Å². The number of carbonyl (C=O) groups is 1. The second kappa shape index (κ2) is 10.9. The molecule has 2 N–H and O–H groups in total. The molecule has 1 atom stereocenters. The Morgan fingerprint density at radius 1 is 1.19 bits per heavy atom. The number of rotatable bonds is 10. The number of esters is 1. The van der Waals surface area contributed by atoms with Crippen LogP contribution in [0.4, 0.5) is 11.4 Å². The molecule has 1 saturated heterocycles. The second-order valence-corrected chi connectivity index (χ2v) is 11.4. The van der Waals surface area contributed by atoms with Gasteiger partial charge in [-0.05, 0) is 62.3 Å². The third kappa shape index (κ3) is 5.00. The van der Waals surface area contributed by atoms with Gasteiger partial charge in [-0.15, -0.1) is 0 Å². The minimum absolute atomic E-state index is 0.0234. The van der Waals surface area contributed by atoms with E-state index in [4.69, 9.17) is 4.74 Å². The van der Waals surface area contributed by atoms with Gasteiger partial charge in [-0.25, -0.2) is 0 Å². The summed E-state index contributed by atoms with van der Waals surface area (Å²) in [6.07, 6.45) is 8.85. The van der Waals surface area contributed by atoms with Gasteiger partial charge in [0.15, 0.2) is 0 Å². The monoisotopic (exact) mass is 522 g/mol. The number of aromatic amines is 1. The summed E-state index contributed by atoms with van der Waals surface area (Å²) >= 11 is 1.67. The number of hydrogen-bond acceptors (Lipinski definition) is 6. The molecule has 1 aliphatic heterocycles. The Kier molecular flexibility index (Phi) is 7.56. The van der Waals surface area contributed by atoms with Crippen LogP contribution in [0.1, 0.15) is 52.9 Å². The van der Waals surface area contributed by atoms with Crippen molar-refractivity contribution in [1.82, 2.24) is 9.55 Å². The average molecular weight is 523 g/mol. The zero-order valence-corrected chi connectivity index (χ0v) is 23.0. The van der Waals surface area contributed by atoms with Crippen LogP contribution in [0, 0.1) is 11.3 Å². The van der Waals surface area contributed by atoms with Crippen molar-refractivity contribution in [3.8, 4) is 11.1 Å². The van der Waals surface area contributed by atoms with Gasteiger partial charge in [0.2, 0.25) is 0 Å². The zero-order chi connectivity index (χ0) is 26.0. The van der Waals surface area contributed by atoms with Gasteiger partial charge in [-0.2, -0.15) is 0 Å². The van der Waals surface area contributed by atoms with Crippen molar-refractivity contribution in [2.45, 2.75) is 59.4 Å². The summed E-state index contributed by atoms with van der Waals surface area (Å²) in [6.45, 7) is 9.12. The largest absolute Gasteiger partial charge is 0.466 e. The number of anilines is 2. The Morgan fingerprint density at radius 3 is 2.73 bits per heavy atom. The molecule has 1 aromatic carbocycles. The van der Waals surface area contributed by atoms with Gasteiger partial charge >= 0.3 is 5.97 Å². The minimum Gasteiger partial charge on any atom is -0.466 e. The van der Waals surface area contributed by atoms with Crippen molar-refractivity contribution in [3.63, 3.8) is 0 Å². The number of pyridine rings is 1. The van der Waals surface area contributed by atoms with Crippen LogP contribution in [0.15, 0.2) is 41.5 Å². The lowest BCUT2D eigenvalue weighted by molar-refractivity contribution is -0.145. The molecule has 3 heterocycles. The molecule has 1 spiro atoms. The first-order valence-electron chi connectivity index (χ1n) is 13.7. The number of hydrogen-bond donors (Lipinski definition) is 2. The molecule has 7 nitrogen and oxygen atoms in total. The lowest BCUT2D eigenvalue weighted by Gasteiger charge is -2.36. The molecule has 1 aliphatic carbocycles.